The molecule has 0 aliphatic carbocycles. The van der Waals surface area contributed by atoms with Gasteiger partial charge in [-0.25, -0.2) is 4.79 Å². The van der Waals surface area contributed by atoms with Crippen molar-refractivity contribution >= 4 is 33.7 Å². The van der Waals surface area contributed by atoms with Crippen LogP contribution in [-0.2, 0) is 9.53 Å². The fourth-order valence-corrected chi connectivity index (χ4v) is 2.76. The first-order chi connectivity index (χ1) is 7.61. The third-order valence-corrected chi connectivity index (χ3v) is 3.95. The van der Waals surface area contributed by atoms with Crippen molar-refractivity contribution in [2.24, 2.45) is 0 Å². The second-order valence-electron chi connectivity index (χ2n) is 2.67. The molecule has 0 saturated heterocycles. The summed E-state index contributed by atoms with van der Waals surface area (Å²) in [4.78, 5) is 21.3. The number of carboxylic acids is 1. The molecule has 1 atom stereocenters. The first kappa shape index (κ1) is 15.4. The van der Waals surface area contributed by atoms with Gasteiger partial charge in [0.1, 0.15) is 12.6 Å². The number of rotatable bonds is 8. The Hall–Kier alpha value is -0.600. The van der Waals surface area contributed by atoms with Crippen LogP contribution in [0.1, 0.15) is 0 Å². The minimum atomic E-state index is -0.864. The van der Waals surface area contributed by atoms with E-state index in [1.165, 1.54) is 28.6 Å². The smallest absolute Gasteiger partial charge is 0.406 e. The summed E-state index contributed by atoms with van der Waals surface area (Å²) in [6, 6.07) is -0.544. The van der Waals surface area contributed by atoms with E-state index in [0.29, 0.717) is 18.1 Å². The quantitative estimate of drug-likeness (QED) is 0.434. The van der Waals surface area contributed by atoms with Gasteiger partial charge in [-0.05, 0) is 7.05 Å². The summed E-state index contributed by atoms with van der Waals surface area (Å²) in [7, 11) is 6.01. The molecule has 3 N–H and O–H groups in total. The number of ether oxygens (including phenoxy) is 1. The van der Waals surface area contributed by atoms with Crippen molar-refractivity contribution in [1.29, 1.82) is 0 Å². The fourth-order valence-electron chi connectivity index (χ4n) is 0.694. The number of alkyl carbamates (subject to hydrolysis) is 1. The standard InChI is InChI=1S/C8H16N2O4S2/c1-9-6(7(11)12)5-16-15-4-3-14-8(13)10-2/h6,9H,3-5H2,1-2H3,(H,10,13)(H,11,12). The topological polar surface area (TPSA) is 87.7 Å². The van der Waals surface area contributed by atoms with Gasteiger partial charge in [-0.1, -0.05) is 21.6 Å². The Kier molecular flexibility index (Phi) is 9.25. The molecular weight excluding hydrogens is 252 g/mol. The van der Waals surface area contributed by atoms with Crippen LogP contribution in [0.4, 0.5) is 4.79 Å². The van der Waals surface area contributed by atoms with Crippen molar-refractivity contribution in [2.75, 3.05) is 32.2 Å². The van der Waals surface area contributed by atoms with Gasteiger partial charge >= 0.3 is 12.1 Å². The molecule has 0 aromatic carbocycles. The Balaban J connectivity index is 3.39. The number of carbonyl (C=O) groups excluding carboxylic acids is 1. The van der Waals surface area contributed by atoms with Crippen molar-refractivity contribution in [2.45, 2.75) is 6.04 Å². The molecule has 0 fully saturated rings. The molecule has 0 aliphatic rings. The maximum Gasteiger partial charge on any atom is 0.406 e. The van der Waals surface area contributed by atoms with Crippen molar-refractivity contribution in [3.8, 4) is 0 Å². The summed E-state index contributed by atoms with van der Waals surface area (Å²) in [5, 5.41) is 13.7. The van der Waals surface area contributed by atoms with E-state index in [4.69, 9.17) is 9.84 Å². The highest BCUT2D eigenvalue weighted by atomic mass is 33.1. The number of hydrogen-bond acceptors (Lipinski definition) is 6. The average molecular weight is 268 g/mol. The molecule has 0 radical (unpaired) electrons. The highest BCUT2D eigenvalue weighted by molar-refractivity contribution is 8.76. The number of carboxylic acid groups (broad SMARTS) is 1. The summed E-state index contributed by atoms with van der Waals surface area (Å²) < 4.78 is 4.76. The van der Waals surface area contributed by atoms with E-state index < -0.39 is 18.1 Å². The molecule has 0 aliphatic heterocycles. The summed E-state index contributed by atoms with van der Waals surface area (Å²) in [5.41, 5.74) is 0. The normalized spacial score (nSPS) is 11.9. The SMILES string of the molecule is CNC(=O)OCCSSCC(NC)C(=O)O. The number of carbonyl (C=O) groups is 2. The summed E-state index contributed by atoms with van der Waals surface area (Å²) in [6.07, 6.45) is -0.454. The number of nitrogens with one attached hydrogen (secondary N) is 2. The zero-order chi connectivity index (χ0) is 12.4. The van der Waals surface area contributed by atoms with Crippen molar-refractivity contribution in [3.05, 3.63) is 0 Å². The molecule has 6 nitrogen and oxygen atoms in total. The van der Waals surface area contributed by atoms with Gasteiger partial charge in [0.05, 0.1) is 0 Å². The van der Waals surface area contributed by atoms with Gasteiger partial charge in [-0.3, -0.25) is 4.79 Å². The maximum absolute atomic E-state index is 10.7. The van der Waals surface area contributed by atoms with Crippen LogP contribution < -0.4 is 10.6 Å². The van der Waals surface area contributed by atoms with Crippen molar-refractivity contribution in [1.82, 2.24) is 10.6 Å². The molecule has 0 aromatic rings. The molecular formula is C8H16N2O4S2. The van der Waals surface area contributed by atoms with Crippen molar-refractivity contribution in [3.63, 3.8) is 0 Å². The van der Waals surface area contributed by atoms with Gasteiger partial charge in [0, 0.05) is 18.6 Å². The lowest BCUT2D eigenvalue weighted by Crippen LogP contribution is -2.35. The average Bonchev–Trinajstić information content (AvgIpc) is 2.27. The Morgan fingerprint density at radius 3 is 2.56 bits per heavy atom. The highest BCUT2D eigenvalue weighted by Crippen LogP contribution is 2.21. The van der Waals surface area contributed by atoms with E-state index in [0.717, 1.165) is 0 Å². The third-order valence-electron chi connectivity index (χ3n) is 1.57. The van der Waals surface area contributed by atoms with Crippen LogP contribution in [0.25, 0.3) is 0 Å². The van der Waals surface area contributed by atoms with E-state index in [1.807, 2.05) is 0 Å². The van der Waals surface area contributed by atoms with E-state index in [1.54, 1.807) is 7.05 Å². The number of aliphatic carboxylic acids is 1. The molecule has 1 amide bonds. The van der Waals surface area contributed by atoms with Gasteiger partial charge < -0.3 is 20.5 Å². The lowest BCUT2D eigenvalue weighted by atomic mass is 10.3. The van der Waals surface area contributed by atoms with Crippen LogP contribution in [0.2, 0.25) is 0 Å². The van der Waals surface area contributed by atoms with E-state index in [2.05, 4.69) is 10.6 Å². The minimum absolute atomic E-state index is 0.314. The van der Waals surface area contributed by atoms with Crippen LogP contribution in [0.5, 0.6) is 0 Å². The largest absolute Gasteiger partial charge is 0.480 e. The molecule has 0 spiro atoms. The first-order valence-corrected chi connectivity index (χ1v) is 7.09. The molecule has 0 rings (SSSR count). The van der Waals surface area contributed by atoms with Gasteiger partial charge in [-0.15, -0.1) is 0 Å². The predicted octanol–water partition coefficient (Wildman–Crippen LogP) is 0.396. The lowest BCUT2D eigenvalue weighted by molar-refractivity contribution is -0.138. The molecule has 16 heavy (non-hydrogen) atoms. The molecule has 0 saturated carbocycles. The Labute approximate surface area is 102 Å². The number of hydrogen-bond donors (Lipinski definition) is 3. The predicted molar refractivity (Wildman–Crippen MR) is 65.8 cm³/mol. The fraction of sp³-hybridized carbons (Fsp3) is 0.750. The van der Waals surface area contributed by atoms with Crippen LogP contribution in [0.3, 0.4) is 0 Å². The summed E-state index contributed by atoms with van der Waals surface area (Å²) >= 11 is 0. The van der Waals surface area contributed by atoms with Crippen LogP contribution >= 0.6 is 21.6 Å². The Bertz CT molecular complexity index is 228. The second-order valence-corrected chi connectivity index (χ2v) is 5.30. The molecule has 94 valence electrons. The zero-order valence-electron chi connectivity index (χ0n) is 9.19. The van der Waals surface area contributed by atoms with Crippen LogP contribution in [-0.4, -0.2) is 55.4 Å². The molecule has 0 aromatic heterocycles. The lowest BCUT2D eigenvalue weighted by Gasteiger charge is -2.09. The van der Waals surface area contributed by atoms with E-state index >= 15 is 0 Å². The zero-order valence-corrected chi connectivity index (χ0v) is 10.8. The molecule has 8 heteroatoms. The molecule has 0 bridgehead atoms. The molecule has 0 heterocycles. The summed E-state index contributed by atoms with van der Waals surface area (Å²) in [6.45, 7) is 0.314. The maximum atomic E-state index is 10.7. The monoisotopic (exact) mass is 268 g/mol. The minimum Gasteiger partial charge on any atom is -0.480 e. The van der Waals surface area contributed by atoms with Gasteiger partial charge in [-0.2, -0.15) is 0 Å². The summed E-state index contributed by atoms with van der Waals surface area (Å²) in [5.74, 6) is 0.238. The third kappa shape index (κ3) is 7.66. The Morgan fingerprint density at radius 2 is 2.06 bits per heavy atom. The Morgan fingerprint density at radius 1 is 1.38 bits per heavy atom. The van der Waals surface area contributed by atoms with Gasteiger partial charge in [0.15, 0.2) is 0 Å². The van der Waals surface area contributed by atoms with Gasteiger partial charge in [0.25, 0.3) is 0 Å². The van der Waals surface area contributed by atoms with Gasteiger partial charge in [0.2, 0.25) is 0 Å². The van der Waals surface area contributed by atoms with E-state index in [9.17, 15) is 9.59 Å². The van der Waals surface area contributed by atoms with E-state index in [-0.39, 0.29) is 0 Å². The van der Waals surface area contributed by atoms with Crippen LogP contribution in [0.15, 0.2) is 0 Å². The van der Waals surface area contributed by atoms with Crippen molar-refractivity contribution < 1.29 is 19.4 Å². The second kappa shape index (κ2) is 9.61. The van der Waals surface area contributed by atoms with Crippen LogP contribution in [0, 0.1) is 0 Å². The highest BCUT2D eigenvalue weighted by Gasteiger charge is 2.14. The first-order valence-electron chi connectivity index (χ1n) is 4.60. The molecule has 1 unspecified atom stereocenters. The number of likely N-dealkylation sites (N-methyl/N-ethyl adjacent to an activating group) is 1. The number of amides is 1.